The van der Waals surface area contributed by atoms with Crippen molar-refractivity contribution < 1.29 is 4.79 Å². The fourth-order valence-electron chi connectivity index (χ4n) is 4.35. The van der Waals surface area contributed by atoms with Gasteiger partial charge in [-0.05, 0) is 50.6 Å². The van der Waals surface area contributed by atoms with Gasteiger partial charge in [0, 0.05) is 52.0 Å². The molecule has 2 N–H and O–H groups in total. The molecule has 2 aromatic carbocycles. The Hall–Kier alpha value is -2.96. The van der Waals surface area contributed by atoms with E-state index in [1.54, 1.807) is 11.3 Å². The summed E-state index contributed by atoms with van der Waals surface area (Å²) >= 11 is 1.74. The van der Waals surface area contributed by atoms with Crippen LogP contribution in [0, 0.1) is 12.8 Å². The first kappa shape index (κ1) is 20.0. The molecular formula is C25H26N4OS. The number of aryl methyl sites for hydroxylation is 1. The average Bonchev–Trinajstić information content (AvgIpc) is 3.40. The molecule has 31 heavy (non-hydrogen) atoms. The van der Waals surface area contributed by atoms with Gasteiger partial charge in [-0.15, -0.1) is 11.3 Å². The number of aromatic nitrogens is 2. The highest BCUT2D eigenvalue weighted by molar-refractivity contribution is 7.11. The van der Waals surface area contributed by atoms with E-state index in [0.717, 1.165) is 59.9 Å². The van der Waals surface area contributed by atoms with Crippen LogP contribution < -0.4 is 5.32 Å². The molecule has 2 aromatic heterocycles. The van der Waals surface area contributed by atoms with Gasteiger partial charge in [-0.2, -0.15) is 0 Å². The summed E-state index contributed by atoms with van der Waals surface area (Å²) in [6, 6.07) is 18.5. The second-order valence-corrected chi connectivity index (χ2v) is 9.58. The number of amides is 1. The van der Waals surface area contributed by atoms with Crippen LogP contribution in [0.1, 0.15) is 22.7 Å². The summed E-state index contributed by atoms with van der Waals surface area (Å²) < 4.78 is 0. The number of hydrogen-bond acceptors (Lipinski definition) is 4. The second-order valence-electron chi connectivity index (χ2n) is 8.26. The van der Waals surface area contributed by atoms with Crippen LogP contribution in [0.4, 0.5) is 5.69 Å². The van der Waals surface area contributed by atoms with E-state index in [0.29, 0.717) is 0 Å². The fraction of sp³-hybridized carbons (Fsp3) is 0.280. The van der Waals surface area contributed by atoms with Crippen molar-refractivity contribution >= 4 is 33.8 Å². The number of para-hydroxylation sites is 1. The first-order chi connectivity index (χ1) is 15.1. The maximum atomic E-state index is 13.0. The van der Waals surface area contributed by atoms with Crippen molar-refractivity contribution in [2.75, 3.05) is 18.4 Å². The number of carbonyl (C=O) groups excluding carboxylic acids is 1. The van der Waals surface area contributed by atoms with E-state index in [1.807, 2.05) is 43.5 Å². The van der Waals surface area contributed by atoms with E-state index >= 15 is 0 Å². The Morgan fingerprint density at radius 3 is 2.97 bits per heavy atom. The number of benzene rings is 2. The number of aromatic amines is 1. The molecule has 158 valence electrons. The molecule has 6 heteroatoms. The van der Waals surface area contributed by atoms with E-state index in [9.17, 15) is 4.79 Å². The van der Waals surface area contributed by atoms with E-state index in [4.69, 9.17) is 0 Å². The number of H-pyrrole nitrogens is 1. The molecule has 1 aliphatic heterocycles. The topological polar surface area (TPSA) is 61.0 Å². The molecule has 1 amide bonds. The van der Waals surface area contributed by atoms with Crippen molar-refractivity contribution in [2.45, 2.75) is 26.3 Å². The highest BCUT2D eigenvalue weighted by atomic mass is 32.1. The number of thiazole rings is 1. The number of nitrogens with one attached hydrogen (secondary N) is 2. The van der Waals surface area contributed by atoms with Crippen LogP contribution in [-0.4, -0.2) is 33.9 Å². The molecule has 0 bridgehead atoms. The Labute approximate surface area is 186 Å². The van der Waals surface area contributed by atoms with E-state index in [-0.39, 0.29) is 11.8 Å². The van der Waals surface area contributed by atoms with Gasteiger partial charge in [-0.1, -0.05) is 30.3 Å². The number of piperidine rings is 1. The highest BCUT2D eigenvalue weighted by Gasteiger charge is 2.26. The van der Waals surface area contributed by atoms with Crippen LogP contribution >= 0.6 is 11.3 Å². The van der Waals surface area contributed by atoms with Crippen molar-refractivity contribution in [1.29, 1.82) is 0 Å². The molecule has 0 radical (unpaired) electrons. The number of fused-ring (bicyclic) bond motifs is 1. The van der Waals surface area contributed by atoms with E-state index in [2.05, 4.69) is 44.5 Å². The lowest BCUT2D eigenvalue weighted by Gasteiger charge is -2.31. The second kappa shape index (κ2) is 8.65. The van der Waals surface area contributed by atoms with Crippen LogP contribution in [0.15, 0.2) is 60.8 Å². The summed E-state index contributed by atoms with van der Waals surface area (Å²) in [4.78, 5) is 24.5. The number of anilines is 1. The summed E-state index contributed by atoms with van der Waals surface area (Å²) in [5.41, 5.74) is 4.09. The minimum Gasteiger partial charge on any atom is -0.355 e. The van der Waals surface area contributed by atoms with Crippen LogP contribution in [0.25, 0.3) is 22.2 Å². The zero-order chi connectivity index (χ0) is 21.2. The third-order valence-corrected chi connectivity index (χ3v) is 6.79. The Morgan fingerprint density at radius 1 is 1.23 bits per heavy atom. The summed E-state index contributed by atoms with van der Waals surface area (Å²) in [5.74, 6) is 0.124. The number of hydrogen-bond donors (Lipinski definition) is 2. The van der Waals surface area contributed by atoms with Gasteiger partial charge in [0.05, 0.1) is 10.9 Å². The Bertz CT molecular complexity index is 1180. The lowest BCUT2D eigenvalue weighted by Crippen LogP contribution is -2.40. The lowest BCUT2D eigenvalue weighted by atomic mass is 9.97. The van der Waals surface area contributed by atoms with Gasteiger partial charge in [0.15, 0.2) is 0 Å². The highest BCUT2D eigenvalue weighted by Crippen LogP contribution is 2.27. The van der Waals surface area contributed by atoms with Crippen molar-refractivity contribution in [3.8, 4) is 11.3 Å². The molecular weight excluding hydrogens is 404 g/mol. The van der Waals surface area contributed by atoms with E-state index in [1.165, 1.54) is 10.3 Å². The molecule has 0 saturated carbocycles. The number of carbonyl (C=O) groups is 1. The fourth-order valence-corrected chi connectivity index (χ4v) is 5.19. The third kappa shape index (κ3) is 4.55. The van der Waals surface area contributed by atoms with E-state index < -0.39 is 0 Å². The zero-order valence-corrected chi connectivity index (χ0v) is 18.4. The van der Waals surface area contributed by atoms with Gasteiger partial charge in [-0.25, -0.2) is 4.98 Å². The molecule has 1 aliphatic rings. The predicted molar refractivity (Wildman–Crippen MR) is 127 cm³/mol. The van der Waals surface area contributed by atoms with Gasteiger partial charge in [-0.3, -0.25) is 9.69 Å². The van der Waals surface area contributed by atoms with Gasteiger partial charge >= 0.3 is 0 Å². The van der Waals surface area contributed by atoms with Crippen molar-refractivity contribution in [3.05, 3.63) is 70.7 Å². The summed E-state index contributed by atoms with van der Waals surface area (Å²) in [6.45, 7) is 4.75. The van der Waals surface area contributed by atoms with Crippen molar-refractivity contribution in [3.63, 3.8) is 0 Å². The Kier molecular flexibility index (Phi) is 5.57. The molecule has 1 fully saturated rings. The van der Waals surface area contributed by atoms with Gasteiger partial charge in [0.2, 0.25) is 5.91 Å². The Morgan fingerprint density at radius 2 is 2.13 bits per heavy atom. The van der Waals surface area contributed by atoms with Crippen LogP contribution in [-0.2, 0) is 11.3 Å². The number of rotatable bonds is 5. The van der Waals surface area contributed by atoms with Crippen LogP contribution in [0.3, 0.4) is 0 Å². The van der Waals surface area contributed by atoms with Gasteiger partial charge < -0.3 is 10.3 Å². The summed E-state index contributed by atoms with van der Waals surface area (Å²) in [5, 5.41) is 5.43. The molecule has 0 unspecified atom stereocenters. The third-order valence-electron chi connectivity index (χ3n) is 5.90. The monoisotopic (exact) mass is 430 g/mol. The Balaban J connectivity index is 1.26. The maximum absolute atomic E-state index is 13.0. The molecule has 0 spiro atoms. The molecule has 4 aromatic rings. The molecule has 0 aliphatic carbocycles. The zero-order valence-electron chi connectivity index (χ0n) is 17.6. The maximum Gasteiger partial charge on any atom is 0.228 e. The molecule has 5 rings (SSSR count). The first-order valence-corrected chi connectivity index (χ1v) is 11.6. The molecule has 1 atom stereocenters. The molecule has 5 nitrogen and oxygen atoms in total. The van der Waals surface area contributed by atoms with Gasteiger partial charge in [0.25, 0.3) is 0 Å². The van der Waals surface area contributed by atoms with Crippen molar-refractivity contribution in [2.24, 2.45) is 5.92 Å². The summed E-state index contributed by atoms with van der Waals surface area (Å²) in [7, 11) is 0. The first-order valence-electron chi connectivity index (χ1n) is 10.8. The molecule has 3 heterocycles. The quantitative estimate of drug-likeness (QED) is 0.443. The largest absolute Gasteiger partial charge is 0.355 e. The standard InChI is InChI=1S/C25H26N4OS/c1-17-26-14-22(31-17)16-29-11-5-8-20(15-29)25(30)27-21-9-4-7-18(12-21)24-13-19-6-2-3-10-23(19)28-24/h2-4,6-7,9-10,12-14,20,28H,5,8,11,15-16H2,1H3,(H,27,30)/t20-/m1/s1. The minimum atomic E-state index is 0.0134. The minimum absolute atomic E-state index is 0.0134. The predicted octanol–water partition coefficient (Wildman–Crippen LogP) is 5.45. The van der Waals surface area contributed by atoms with Crippen molar-refractivity contribution in [1.82, 2.24) is 14.9 Å². The number of likely N-dealkylation sites (tertiary alicyclic amines) is 1. The van der Waals surface area contributed by atoms with Crippen LogP contribution in [0.5, 0.6) is 0 Å². The number of nitrogens with zero attached hydrogens (tertiary/aromatic N) is 2. The smallest absolute Gasteiger partial charge is 0.228 e. The SMILES string of the molecule is Cc1ncc(CN2CCC[C@@H](C(=O)Nc3cccc(-c4cc5ccccc5[nH]4)c3)C2)s1. The average molecular weight is 431 g/mol. The normalized spacial score (nSPS) is 17.1. The summed E-state index contributed by atoms with van der Waals surface area (Å²) in [6.07, 6.45) is 3.94. The lowest BCUT2D eigenvalue weighted by molar-refractivity contribution is -0.121. The van der Waals surface area contributed by atoms with Crippen LogP contribution in [0.2, 0.25) is 0 Å². The molecule has 1 saturated heterocycles. The van der Waals surface area contributed by atoms with Gasteiger partial charge in [0.1, 0.15) is 0 Å².